The van der Waals surface area contributed by atoms with Crippen LogP contribution in [-0.4, -0.2) is 26.3 Å². The average Bonchev–Trinajstić information content (AvgIpc) is 3.25. The molecule has 0 aliphatic rings. The Balaban J connectivity index is 1.55. The van der Waals surface area contributed by atoms with E-state index in [0.717, 1.165) is 17.8 Å². The summed E-state index contributed by atoms with van der Waals surface area (Å²) in [5, 5.41) is 12.0. The van der Waals surface area contributed by atoms with Crippen LogP contribution in [0.1, 0.15) is 21.7 Å². The summed E-state index contributed by atoms with van der Waals surface area (Å²) in [5.41, 5.74) is 0.994. The lowest BCUT2D eigenvalue weighted by Gasteiger charge is -2.12. The number of para-hydroxylation sites is 1. The van der Waals surface area contributed by atoms with E-state index in [0.29, 0.717) is 22.2 Å². The lowest BCUT2D eigenvalue weighted by atomic mass is 10.2. The van der Waals surface area contributed by atoms with Gasteiger partial charge in [-0.1, -0.05) is 66.4 Å². The van der Waals surface area contributed by atoms with Crippen LogP contribution in [0.4, 0.5) is 18.9 Å². The number of rotatable bonds is 8. The average molecular weight is 469 g/mol. The van der Waals surface area contributed by atoms with Crippen molar-refractivity contribution in [2.24, 2.45) is 0 Å². The fraction of sp³-hybridized carbons (Fsp3) is 0.125. The molecule has 0 fully saturated rings. The van der Waals surface area contributed by atoms with Gasteiger partial charge in [-0.2, -0.15) is 13.2 Å². The van der Waals surface area contributed by atoms with E-state index in [1.807, 2.05) is 48.5 Å². The number of halogens is 3. The van der Waals surface area contributed by atoms with Gasteiger partial charge in [-0.3, -0.25) is 9.36 Å². The summed E-state index contributed by atoms with van der Waals surface area (Å²) in [6.07, 6.45) is -4.42. The third-order valence-electron chi connectivity index (χ3n) is 4.78. The van der Waals surface area contributed by atoms with Crippen molar-refractivity contribution < 1.29 is 18.0 Å². The minimum absolute atomic E-state index is 0.0353. The highest BCUT2D eigenvalue weighted by Gasteiger charge is 2.30. The second-order valence-electron chi connectivity index (χ2n) is 7.08. The second-order valence-corrected chi connectivity index (χ2v) is 8.02. The number of Topliss-reactive ketones (excluding diaryl/α,β-unsaturated/α-hetero) is 1. The van der Waals surface area contributed by atoms with Gasteiger partial charge in [0.1, 0.15) is 0 Å². The first-order valence-corrected chi connectivity index (χ1v) is 11.0. The van der Waals surface area contributed by atoms with Crippen molar-refractivity contribution in [2.75, 3.05) is 11.1 Å². The number of ketones is 1. The van der Waals surface area contributed by atoms with E-state index in [4.69, 9.17) is 0 Å². The van der Waals surface area contributed by atoms with Crippen molar-refractivity contribution in [3.8, 4) is 5.69 Å². The van der Waals surface area contributed by atoms with Crippen LogP contribution in [0.25, 0.3) is 5.69 Å². The molecule has 3 aromatic carbocycles. The summed E-state index contributed by atoms with van der Waals surface area (Å²) in [6, 6.07) is 23.3. The quantitative estimate of drug-likeness (QED) is 0.259. The van der Waals surface area contributed by atoms with Crippen molar-refractivity contribution in [3.05, 3.63) is 102 Å². The number of benzene rings is 3. The van der Waals surface area contributed by atoms with E-state index in [9.17, 15) is 18.0 Å². The van der Waals surface area contributed by atoms with Gasteiger partial charge >= 0.3 is 6.18 Å². The summed E-state index contributed by atoms with van der Waals surface area (Å²) in [5.74, 6) is 0.649. The number of aromatic nitrogens is 3. The zero-order valence-electron chi connectivity index (χ0n) is 17.3. The molecule has 0 amide bonds. The predicted octanol–water partition coefficient (Wildman–Crippen LogP) is 5.87. The second kappa shape index (κ2) is 9.91. The van der Waals surface area contributed by atoms with E-state index in [2.05, 4.69) is 15.5 Å². The van der Waals surface area contributed by atoms with Crippen LogP contribution in [0.3, 0.4) is 0 Å². The maximum absolute atomic E-state index is 13.0. The Kier molecular flexibility index (Phi) is 6.79. The standard InChI is InChI=1S/C24H19F3N4OS/c25-24(26,27)18-10-7-11-19(14-18)28-15-22-29-30-23(31(22)20-12-5-2-6-13-20)33-16-21(32)17-8-3-1-4-9-17/h1-14,28H,15-16H2. The SMILES string of the molecule is O=C(CSc1nnc(CNc2cccc(C(F)(F)F)c2)n1-c1ccccc1)c1ccccc1. The van der Waals surface area contributed by atoms with Gasteiger partial charge in [0.05, 0.1) is 17.9 Å². The molecule has 1 N–H and O–H groups in total. The number of hydrogen-bond donors (Lipinski definition) is 1. The maximum Gasteiger partial charge on any atom is 0.416 e. The molecule has 9 heteroatoms. The molecule has 1 heterocycles. The van der Waals surface area contributed by atoms with E-state index >= 15 is 0 Å². The molecule has 5 nitrogen and oxygen atoms in total. The monoisotopic (exact) mass is 468 g/mol. The number of alkyl halides is 3. The number of carbonyl (C=O) groups is 1. The first kappa shape index (κ1) is 22.6. The van der Waals surface area contributed by atoms with Crippen molar-refractivity contribution in [3.63, 3.8) is 0 Å². The van der Waals surface area contributed by atoms with Crippen molar-refractivity contribution in [1.29, 1.82) is 0 Å². The summed E-state index contributed by atoms with van der Waals surface area (Å²) >= 11 is 1.26. The fourth-order valence-electron chi connectivity index (χ4n) is 3.17. The largest absolute Gasteiger partial charge is 0.416 e. The van der Waals surface area contributed by atoms with Crippen molar-refractivity contribution in [2.45, 2.75) is 17.9 Å². The molecule has 0 bridgehead atoms. The van der Waals surface area contributed by atoms with Crippen LogP contribution < -0.4 is 5.32 Å². The Morgan fingerprint density at radius 3 is 2.30 bits per heavy atom. The molecule has 33 heavy (non-hydrogen) atoms. The van der Waals surface area contributed by atoms with E-state index in [1.54, 1.807) is 22.8 Å². The zero-order chi connectivity index (χ0) is 23.3. The molecule has 0 aliphatic heterocycles. The van der Waals surface area contributed by atoms with Crippen LogP contribution in [0.2, 0.25) is 0 Å². The van der Waals surface area contributed by atoms with Gasteiger partial charge < -0.3 is 5.32 Å². The number of nitrogens with one attached hydrogen (secondary N) is 1. The van der Waals surface area contributed by atoms with Gasteiger partial charge in [-0.25, -0.2) is 0 Å². The molecule has 1 aromatic heterocycles. The van der Waals surface area contributed by atoms with Crippen LogP contribution in [0.5, 0.6) is 0 Å². The number of thioether (sulfide) groups is 1. The highest BCUT2D eigenvalue weighted by molar-refractivity contribution is 7.99. The Labute approximate surface area is 192 Å². The third-order valence-corrected chi connectivity index (χ3v) is 5.71. The number of hydrogen-bond acceptors (Lipinski definition) is 5. The molecule has 0 radical (unpaired) electrons. The molecule has 4 aromatic rings. The summed E-state index contributed by atoms with van der Waals surface area (Å²) in [4.78, 5) is 12.5. The van der Waals surface area contributed by atoms with Gasteiger partial charge in [0.15, 0.2) is 16.8 Å². The van der Waals surface area contributed by atoms with Gasteiger partial charge in [0.25, 0.3) is 0 Å². The van der Waals surface area contributed by atoms with Crippen LogP contribution in [-0.2, 0) is 12.7 Å². The van der Waals surface area contributed by atoms with Gasteiger partial charge in [0.2, 0.25) is 0 Å². The molecular formula is C24H19F3N4OS. The fourth-order valence-corrected chi connectivity index (χ4v) is 4.03. The first-order chi connectivity index (χ1) is 15.9. The Morgan fingerprint density at radius 2 is 1.61 bits per heavy atom. The molecule has 0 unspecified atom stereocenters. The molecule has 0 aliphatic carbocycles. The highest BCUT2D eigenvalue weighted by atomic mass is 32.2. The minimum atomic E-state index is -4.42. The molecule has 0 saturated carbocycles. The van der Waals surface area contributed by atoms with Crippen LogP contribution >= 0.6 is 11.8 Å². The summed E-state index contributed by atoms with van der Waals surface area (Å²) in [6.45, 7) is 0.149. The lowest BCUT2D eigenvalue weighted by Crippen LogP contribution is -2.10. The third kappa shape index (κ3) is 5.61. The van der Waals surface area contributed by atoms with Gasteiger partial charge in [-0.05, 0) is 30.3 Å². The van der Waals surface area contributed by atoms with E-state index < -0.39 is 11.7 Å². The Hall–Kier alpha value is -3.59. The summed E-state index contributed by atoms with van der Waals surface area (Å²) in [7, 11) is 0. The number of nitrogens with zero attached hydrogens (tertiary/aromatic N) is 3. The lowest BCUT2D eigenvalue weighted by molar-refractivity contribution is -0.137. The zero-order valence-corrected chi connectivity index (χ0v) is 18.1. The Morgan fingerprint density at radius 1 is 0.909 bits per heavy atom. The maximum atomic E-state index is 13.0. The normalized spacial score (nSPS) is 11.4. The van der Waals surface area contributed by atoms with E-state index in [-0.39, 0.29) is 18.1 Å². The number of anilines is 1. The predicted molar refractivity (Wildman–Crippen MR) is 122 cm³/mol. The van der Waals surface area contributed by atoms with Crippen LogP contribution in [0.15, 0.2) is 90.1 Å². The van der Waals surface area contributed by atoms with Crippen molar-refractivity contribution >= 4 is 23.2 Å². The minimum Gasteiger partial charge on any atom is -0.378 e. The first-order valence-electron chi connectivity index (χ1n) is 10.0. The molecule has 0 spiro atoms. The molecule has 168 valence electrons. The Bertz CT molecular complexity index is 1230. The molecular weight excluding hydrogens is 449 g/mol. The topological polar surface area (TPSA) is 59.8 Å². The van der Waals surface area contributed by atoms with Gasteiger partial charge in [-0.15, -0.1) is 10.2 Å². The van der Waals surface area contributed by atoms with Crippen LogP contribution in [0, 0.1) is 0 Å². The van der Waals surface area contributed by atoms with Crippen molar-refractivity contribution in [1.82, 2.24) is 14.8 Å². The summed E-state index contributed by atoms with van der Waals surface area (Å²) < 4.78 is 40.8. The van der Waals surface area contributed by atoms with Gasteiger partial charge in [0, 0.05) is 16.9 Å². The molecule has 4 rings (SSSR count). The van der Waals surface area contributed by atoms with E-state index in [1.165, 1.54) is 17.8 Å². The number of carbonyl (C=O) groups excluding carboxylic acids is 1. The molecule has 0 atom stereocenters. The highest BCUT2D eigenvalue weighted by Crippen LogP contribution is 2.31. The smallest absolute Gasteiger partial charge is 0.378 e. The molecule has 0 saturated heterocycles.